The highest BCUT2D eigenvalue weighted by Crippen LogP contribution is 2.43. The molecule has 0 bridgehead atoms. The van der Waals surface area contributed by atoms with E-state index in [1.54, 1.807) is 0 Å². The largest absolute Gasteiger partial charge is 0.377 e. The highest BCUT2D eigenvalue weighted by Gasteiger charge is 2.50. The van der Waals surface area contributed by atoms with E-state index in [0.29, 0.717) is 29.5 Å². The van der Waals surface area contributed by atoms with Crippen molar-refractivity contribution >= 4 is 0 Å². The van der Waals surface area contributed by atoms with Crippen LogP contribution in [0.15, 0.2) is 0 Å². The summed E-state index contributed by atoms with van der Waals surface area (Å²) >= 11 is 0. The second kappa shape index (κ2) is 5.58. The van der Waals surface area contributed by atoms with Crippen LogP contribution in [0.5, 0.6) is 0 Å². The topological polar surface area (TPSA) is 24.5 Å². The minimum atomic E-state index is 0.294. The summed E-state index contributed by atoms with van der Waals surface area (Å²) in [7, 11) is 0. The third-order valence-electron chi connectivity index (χ3n) is 5.53. The van der Waals surface area contributed by atoms with E-state index in [1.165, 1.54) is 38.8 Å². The van der Waals surface area contributed by atoms with Crippen molar-refractivity contribution in [3.05, 3.63) is 0 Å². The fraction of sp³-hybridized carbons (Fsp3) is 1.00. The molecule has 2 aliphatic carbocycles. The van der Waals surface area contributed by atoms with Gasteiger partial charge in [0.2, 0.25) is 0 Å². The molecule has 0 aromatic heterocycles. The monoisotopic (exact) mass is 280 g/mol. The Kier molecular flexibility index (Phi) is 4.13. The number of nitrogens with zero attached hydrogens (tertiary/aromatic N) is 1. The molecule has 1 aliphatic heterocycles. The van der Waals surface area contributed by atoms with E-state index >= 15 is 0 Å². The summed E-state index contributed by atoms with van der Waals surface area (Å²) in [4.78, 5) is 2.69. The average molecular weight is 280 g/mol. The van der Waals surface area contributed by atoms with E-state index < -0.39 is 0 Å². The quantitative estimate of drug-likeness (QED) is 0.809. The minimum Gasteiger partial charge on any atom is -0.377 e. The average Bonchev–Trinajstić information content (AvgIpc) is 3.12. The molecule has 0 aromatic carbocycles. The molecule has 0 amide bonds. The van der Waals surface area contributed by atoms with E-state index in [-0.39, 0.29) is 0 Å². The lowest BCUT2D eigenvalue weighted by molar-refractivity contribution is -0.125. The molecule has 1 N–H and O–H groups in total. The number of likely N-dealkylation sites (tertiary alicyclic amines) is 1. The number of hydrogen-bond donors (Lipinski definition) is 1. The first kappa shape index (κ1) is 14.8. The Morgan fingerprint density at radius 3 is 2.60 bits per heavy atom. The van der Waals surface area contributed by atoms with Crippen molar-refractivity contribution in [3.8, 4) is 0 Å². The zero-order valence-corrected chi connectivity index (χ0v) is 13.7. The molecule has 3 nitrogen and oxygen atoms in total. The normalized spacial score (nSPS) is 37.4. The highest BCUT2D eigenvalue weighted by atomic mass is 16.5. The summed E-state index contributed by atoms with van der Waals surface area (Å²) in [6.45, 7) is 12.7. The van der Waals surface area contributed by atoms with E-state index in [4.69, 9.17) is 4.74 Å². The van der Waals surface area contributed by atoms with E-state index in [0.717, 1.165) is 12.6 Å². The summed E-state index contributed by atoms with van der Waals surface area (Å²) in [5.41, 5.74) is 0.294. The Balaban J connectivity index is 1.43. The molecule has 0 radical (unpaired) electrons. The molecule has 0 spiro atoms. The van der Waals surface area contributed by atoms with Gasteiger partial charge in [0.1, 0.15) is 0 Å². The molecule has 2 saturated carbocycles. The third kappa shape index (κ3) is 3.05. The van der Waals surface area contributed by atoms with E-state index in [1.807, 2.05) is 0 Å². The number of nitrogens with one attached hydrogen (secondary N) is 1. The molecule has 0 aromatic rings. The molecular formula is C17H32N2O. The Bertz CT molecular complexity index is 338. The smallest absolute Gasteiger partial charge is 0.0656 e. The van der Waals surface area contributed by atoms with Gasteiger partial charge in [-0.1, -0.05) is 27.7 Å². The lowest BCUT2D eigenvalue weighted by Crippen LogP contribution is -2.63. The molecule has 3 fully saturated rings. The number of hydrogen-bond acceptors (Lipinski definition) is 3. The van der Waals surface area contributed by atoms with Gasteiger partial charge >= 0.3 is 0 Å². The number of rotatable bonds is 6. The van der Waals surface area contributed by atoms with Crippen LogP contribution in [0.2, 0.25) is 0 Å². The zero-order chi connectivity index (χ0) is 14.3. The maximum Gasteiger partial charge on any atom is 0.0656 e. The minimum absolute atomic E-state index is 0.294. The summed E-state index contributed by atoms with van der Waals surface area (Å²) in [6.07, 6.45) is 5.85. The number of ether oxygens (including phenoxy) is 1. The Morgan fingerprint density at radius 1 is 1.25 bits per heavy atom. The van der Waals surface area contributed by atoms with Crippen LogP contribution in [-0.4, -0.2) is 48.8 Å². The predicted molar refractivity (Wildman–Crippen MR) is 82.9 cm³/mol. The zero-order valence-electron chi connectivity index (χ0n) is 13.7. The van der Waals surface area contributed by atoms with Gasteiger partial charge in [0.25, 0.3) is 0 Å². The van der Waals surface area contributed by atoms with Crippen molar-refractivity contribution in [1.82, 2.24) is 10.2 Å². The second-order valence-corrected chi connectivity index (χ2v) is 8.20. The third-order valence-corrected chi connectivity index (χ3v) is 5.53. The van der Waals surface area contributed by atoms with Gasteiger partial charge in [-0.2, -0.15) is 0 Å². The van der Waals surface area contributed by atoms with E-state index in [2.05, 4.69) is 37.9 Å². The van der Waals surface area contributed by atoms with Crippen LogP contribution >= 0.6 is 0 Å². The maximum absolute atomic E-state index is 6.07. The van der Waals surface area contributed by atoms with Crippen LogP contribution < -0.4 is 5.32 Å². The Morgan fingerprint density at radius 2 is 2.00 bits per heavy atom. The van der Waals surface area contributed by atoms with Crippen LogP contribution in [-0.2, 0) is 4.74 Å². The molecule has 20 heavy (non-hydrogen) atoms. The highest BCUT2D eigenvalue weighted by molar-refractivity contribution is 5.05. The second-order valence-electron chi connectivity index (χ2n) is 8.20. The van der Waals surface area contributed by atoms with Gasteiger partial charge in [-0.05, 0) is 31.6 Å². The van der Waals surface area contributed by atoms with Crippen molar-refractivity contribution in [3.63, 3.8) is 0 Å². The summed E-state index contributed by atoms with van der Waals surface area (Å²) in [6, 6.07) is 2.29. The molecule has 3 heteroatoms. The first-order chi connectivity index (χ1) is 9.46. The van der Waals surface area contributed by atoms with Crippen molar-refractivity contribution in [2.45, 2.75) is 77.6 Å². The molecule has 3 aliphatic rings. The fourth-order valence-corrected chi connectivity index (χ4v) is 3.74. The fourth-order valence-electron chi connectivity index (χ4n) is 3.74. The van der Waals surface area contributed by atoms with Gasteiger partial charge < -0.3 is 10.1 Å². The van der Waals surface area contributed by atoms with Gasteiger partial charge in [-0.25, -0.2) is 0 Å². The molecule has 3 unspecified atom stereocenters. The van der Waals surface area contributed by atoms with Crippen LogP contribution in [0.1, 0.15) is 53.4 Å². The molecule has 116 valence electrons. The van der Waals surface area contributed by atoms with Crippen molar-refractivity contribution < 1.29 is 4.74 Å². The van der Waals surface area contributed by atoms with Gasteiger partial charge in [0, 0.05) is 43.2 Å². The first-order valence-corrected chi connectivity index (χ1v) is 8.58. The SMILES string of the molecule is CC(C)COC1CC(NC2CCN(C3CC3)C2)C1(C)C. The van der Waals surface area contributed by atoms with Crippen molar-refractivity contribution in [2.24, 2.45) is 11.3 Å². The molecule has 1 saturated heterocycles. The Hall–Kier alpha value is -0.120. The van der Waals surface area contributed by atoms with Crippen LogP contribution in [0.3, 0.4) is 0 Å². The van der Waals surface area contributed by atoms with E-state index in [9.17, 15) is 0 Å². The first-order valence-electron chi connectivity index (χ1n) is 8.58. The molecule has 3 atom stereocenters. The van der Waals surface area contributed by atoms with Gasteiger partial charge in [-0.15, -0.1) is 0 Å². The van der Waals surface area contributed by atoms with Gasteiger partial charge in [0.05, 0.1) is 6.10 Å². The van der Waals surface area contributed by atoms with Crippen molar-refractivity contribution in [1.29, 1.82) is 0 Å². The molecule has 3 rings (SSSR count). The van der Waals surface area contributed by atoms with Crippen LogP contribution in [0, 0.1) is 11.3 Å². The lowest BCUT2D eigenvalue weighted by atomic mass is 9.64. The summed E-state index contributed by atoms with van der Waals surface area (Å²) in [5.74, 6) is 0.639. The summed E-state index contributed by atoms with van der Waals surface area (Å²) < 4.78 is 6.07. The van der Waals surface area contributed by atoms with Gasteiger partial charge in [0.15, 0.2) is 0 Å². The van der Waals surface area contributed by atoms with Crippen LogP contribution in [0.4, 0.5) is 0 Å². The summed E-state index contributed by atoms with van der Waals surface area (Å²) in [5, 5.41) is 3.91. The van der Waals surface area contributed by atoms with Crippen LogP contribution in [0.25, 0.3) is 0 Å². The van der Waals surface area contributed by atoms with Crippen molar-refractivity contribution in [2.75, 3.05) is 19.7 Å². The lowest BCUT2D eigenvalue weighted by Gasteiger charge is -2.53. The predicted octanol–water partition coefficient (Wildman–Crippen LogP) is 2.65. The van der Waals surface area contributed by atoms with Gasteiger partial charge in [-0.3, -0.25) is 4.90 Å². The standard InChI is InChI=1S/C17H32N2O/c1-12(2)11-20-16-9-15(17(16,3)4)18-13-7-8-19(10-13)14-5-6-14/h12-16,18H,5-11H2,1-4H3. The Labute approximate surface area is 124 Å². The molecular weight excluding hydrogens is 248 g/mol. The maximum atomic E-state index is 6.07. The molecule has 1 heterocycles.